The van der Waals surface area contributed by atoms with E-state index in [4.69, 9.17) is 4.42 Å². The van der Waals surface area contributed by atoms with Crippen LogP contribution in [0.3, 0.4) is 0 Å². The molecule has 0 bridgehead atoms. The van der Waals surface area contributed by atoms with Crippen LogP contribution in [0, 0.1) is 6.92 Å². The molecule has 112 valence electrons. The van der Waals surface area contributed by atoms with Crippen LogP contribution in [-0.2, 0) is 0 Å². The van der Waals surface area contributed by atoms with Crippen LogP contribution in [0.25, 0.3) is 22.3 Å². The Labute approximate surface area is 142 Å². The van der Waals surface area contributed by atoms with Gasteiger partial charge < -0.3 is 0 Å². The molecule has 0 radical (unpaired) electrons. The van der Waals surface area contributed by atoms with Crippen LogP contribution in [0.15, 0.2) is 83.3 Å². The van der Waals surface area contributed by atoms with E-state index in [0.717, 1.165) is 16.9 Å². The third-order valence-electron chi connectivity index (χ3n) is 3.80. The predicted molar refractivity (Wildman–Crippen MR) is 97.9 cm³/mol. The fourth-order valence-corrected chi connectivity index (χ4v) is 5.13. The van der Waals surface area contributed by atoms with Crippen LogP contribution in [0.1, 0.15) is 5.56 Å². The Hall–Kier alpha value is -2.28. The Kier molecular flexibility index (Phi) is 3.78. The van der Waals surface area contributed by atoms with Gasteiger partial charge in [-0.15, -0.1) is 0 Å². The van der Waals surface area contributed by atoms with Crippen LogP contribution in [-0.4, -0.2) is 15.0 Å². The Morgan fingerprint density at radius 3 is 2.39 bits per heavy atom. The van der Waals surface area contributed by atoms with E-state index < -0.39 is 0 Å². The zero-order valence-corrected chi connectivity index (χ0v) is 14.5. The number of rotatable bonds is 3. The topological polar surface area (TPSA) is 13.1 Å². The molecule has 1 aromatic heterocycles. The van der Waals surface area contributed by atoms with Crippen LogP contribution in [0.2, 0.25) is 0 Å². The second-order valence-corrected chi connectivity index (χ2v) is 7.81. The van der Waals surface area contributed by atoms with Gasteiger partial charge in [-0.1, -0.05) is 0 Å². The van der Waals surface area contributed by atoms with E-state index in [2.05, 4.69) is 73.7 Å². The molecule has 0 N–H and O–H groups in total. The standard InChI is InChI=1S/C21H16OSe/c1-15-8-7-11-17(14-15)23-21-18-12-5-6-13-19(18)22-20(21)16-9-3-2-4-10-16/h2-14H,1H3. The Balaban J connectivity index is 1.89. The summed E-state index contributed by atoms with van der Waals surface area (Å²) in [6.07, 6.45) is 0. The van der Waals surface area contributed by atoms with Gasteiger partial charge in [0.15, 0.2) is 0 Å². The molecule has 0 fully saturated rings. The molecule has 1 nitrogen and oxygen atoms in total. The summed E-state index contributed by atoms with van der Waals surface area (Å²) in [6, 6.07) is 27.5. The average molecular weight is 363 g/mol. The molecule has 0 unspecified atom stereocenters. The van der Waals surface area contributed by atoms with E-state index >= 15 is 0 Å². The van der Waals surface area contributed by atoms with Crippen LogP contribution < -0.4 is 8.92 Å². The second kappa shape index (κ2) is 6.08. The van der Waals surface area contributed by atoms with E-state index in [-0.39, 0.29) is 15.0 Å². The summed E-state index contributed by atoms with van der Waals surface area (Å²) in [7, 11) is 0. The summed E-state index contributed by atoms with van der Waals surface area (Å²) in [5.74, 6) is 1.01. The van der Waals surface area contributed by atoms with E-state index in [1.165, 1.54) is 19.9 Å². The molecule has 3 aromatic carbocycles. The van der Waals surface area contributed by atoms with Crippen molar-refractivity contribution in [3.05, 3.63) is 84.4 Å². The summed E-state index contributed by atoms with van der Waals surface area (Å²) in [5.41, 5.74) is 3.42. The third kappa shape index (κ3) is 2.84. The zero-order valence-electron chi connectivity index (χ0n) is 12.8. The first-order chi connectivity index (χ1) is 11.3. The first-order valence-corrected chi connectivity index (χ1v) is 9.34. The first kappa shape index (κ1) is 14.3. The minimum absolute atomic E-state index is 0.212. The molecule has 0 saturated carbocycles. The van der Waals surface area contributed by atoms with Crippen molar-refractivity contribution in [1.82, 2.24) is 0 Å². The molecule has 2 heteroatoms. The number of para-hydroxylation sites is 1. The maximum atomic E-state index is 6.20. The van der Waals surface area contributed by atoms with Gasteiger partial charge in [-0.3, -0.25) is 0 Å². The number of benzene rings is 3. The molecule has 4 rings (SSSR count). The van der Waals surface area contributed by atoms with Gasteiger partial charge in [0.25, 0.3) is 0 Å². The number of hydrogen-bond donors (Lipinski definition) is 0. The summed E-state index contributed by atoms with van der Waals surface area (Å²) < 4.78 is 8.90. The second-order valence-electron chi connectivity index (χ2n) is 5.54. The van der Waals surface area contributed by atoms with Crippen molar-refractivity contribution in [2.45, 2.75) is 6.92 Å². The van der Waals surface area contributed by atoms with Gasteiger partial charge in [0.1, 0.15) is 0 Å². The van der Waals surface area contributed by atoms with Crippen LogP contribution in [0.5, 0.6) is 0 Å². The minimum atomic E-state index is 0.212. The van der Waals surface area contributed by atoms with Crippen molar-refractivity contribution in [2.75, 3.05) is 0 Å². The van der Waals surface area contributed by atoms with E-state index in [1.54, 1.807) is 0 Å². The predicted octanol–water partition coefficient (Wildman–Crippen LogP) is 4.06. The van der Waals surface area contributed by atoms with Gasteiger partial charge in [0.05, 0.1) is 0 Å². The van der Waals surface area contributed by atoms with Crippen molar-refractivity contribution < 1.29 is 4.42 Å². The van der Waals surface area contributed by atoms with Crippen molar-refractivity contribution in [3.63, 3.8) is 0 Å². The van der Waals surface area contributed by atoms with Crippen molar-refractivity contribution >= 4 is 34.8 Å². The number of hydrogen-bond acceptors (Lipinski definition) is 1. The van der Waals surface area contributed by atoms with Gasteiger partial charge in [-0.25, -0.2) is 0 Å². The SMILES string of the molecule is Cc1cccc([Se]c2c(-c3ccccc3)oc3ccccc23)c1. The van der Waals surface area contributed by atoms with E-state index in [0.29, 0.717) is 0 Å². The monoisotopic (exact) mass is 364 g/mol. The molecule has 0 saturated heterocycles. The zero-order chi connectivity index (χ0) is 15.6. The molecule has 0 aliphatic heterocycles. The molecule has 0 aliphatic carbocycles. The average Bonchev–Trinajstić information content (AvgIpc) is 2.95. The Bertz CT molecular complexity index is 954. The first-order valence-electron chi connectivity index (χ1n) is 7.63. The molecule has 0 spiro atoms. The van der Waals surface area contributed by atoms with Crippen LogP contribution in [0.4, 0.5) is 0 Å². The van der Waals surface area contributed by atoms with Crippen molar-refractivity contribution in [2.24, 2.45) is 0 Å². The van der Waals surface area contributed by atoms with E-state index in [9.17, 15) is 0 Å². The Morgan fingerprint density at radius 2 is 1.57 bits per heavy atom. The molecule has 4 aromatic rings. The number of fused-ring (bicyclic) bond motifs is 1. The molecule has 0 amide bonds. The van der Waals surface area contributed by atoms with Gasteiger partial charge in [-0.05, 0) is 0 Å². The van der Waals surface area contributed by atoms with Gasteiger partial charge in [0, 0.05) is 0 Å². The van der Waals surface area contributed by atoms with Crippen LogP contribution >= 0.6 is 0 Å². The molecular weight excluding hydrogens is 347 g/mol. The summed E-state index contributed by atoms with van der Waals surface area (Å²) in [4.78, 5) is 0. The quantitative estimate of drug-likeness (QED) is 0.500. The van der Waals surface area contributed by atoms with E-state index in [1.807, 2.05) is 12.1 Å². The molecule has 23 heavy (non-hydrogen) atoms. The summed E-state index contributed by atoms with van der Waals surface area (Å²) >= 11 is 0.212. The van der Waals surface area contributed by atoms with Gasteiger partial charge >= 0.3 is 142 Å². The van der Waals surface area contributed by atoms with Crippen molar-refractivity contribution in [1.29, 1.82) is 0 Å². The normalized spacial score (nSPS) is 11.0. The Morgan fingerprint density at radius 1 is 0.783 bits per heavy atom. The molecule has 0 aliphatic rings. The number of aryl methyl sites for hydroxylation is 1. The maximum absolute atomic E-state index is 6.20. The number of furan rings is 1. The fraction of sp³-hybridized carbons (Fsp3) is 0.0476. The summed E-state index contributed by atoms with van der Waals surface area (Å²) in [6.45, 7) is 2.14. The third-order valence-corrected chi connectivity index (χ3v) is 6.10. The van der Waals surface area contributed by atoms with Gasteiger partial charge in [-0.2, -0.15) is 0 Å². The molecule has 0 atom stereocenters. The molecular formula is C21H16OSe. The van der Waals surface area contributed by atoms with Gasteiger partial charge in [0.2, 0.25) is 0 Å². The fourth-order valence-electron chi connectivity index (χ4n) is 2.70. The molecule has 1 heterocycles. The van der Waals surface area contributed by atoms with Crippen molar-refractivity contribution in [3.8, 4) is 11.3 Å². The summed E-state index contributed by atoms with van der Waals surface area (Å²) in [5, 5.41) is 1.23.